The van der Waals surface area contributed by atoms with Crippen molar-refractivity contribution in [3.8, 4) is 0 Å². The smallest absolute Gasteiger partial charge is 0.0795 e. The number of benzene rings is 1. The molecule has 0 aliphatic heterocycles. The van der Waals surface area contributed by atoms with Gasteiger partial charge in [0.15, 0.2) is 0 Å². The van der Waals surface area contributed by atoms with Crippen LogP contribution in [0.2, 0.25) is 0 Å². The summed E-state index contributed by atoms with van der Waals surface area (Å²) < 4.78 is 1.12. The molecule has 0 fully saturated rings. The average molecular weight is 297 g/mol. The number of thiazole rings is 1. The number of rotatable bonds is 4. The molecule has 0 spiro atoms. The van der Waals surface area contributed by atoms with Crippen LogP contribution in [0.1, 0.15) is 17.3 Å². The number of likely N-dealkylation sites (N-methyl/N-ethyl adjacent to an activating group) is 1. The molecule has 16 heavy (non-hydrogen) atoms. The highest BCUT2D eigenvalue weighted by atomic mass is 79.9. The largest absolute Gasteiger partial charge is 0.311 e. The lowest BCUT2D eigenvalue weighted by atomic mass is 10.0. The molecule has 0 amide bonds. The van der Waals surface area contributed by atoms with Gasteiger partial charge in [-0.25, -0.2) is 4.98 Å². The van der Waals surface area contributed by atoms with E-state index in [0.29, 0.717) is 6.04 Å². The molecule has 2 rings (SSSR count). The summed E-state index contributed by atoms with van der Waals surface area (Å²) in [4.78, 5) is 4.35. The summed E-state index contributed by atoms with van der Waals surface area (Å²) in [5.74, 6) is 0. The van der Waals surface area contributed by atoms with E-state index in [2.05, 4.69) is 49.8 Å². The Morgan fingerprint density at radius 2 is 2.38 bits per heavy atom. The van der Waals surface area contributed by atoms with E-state index >= 15 is 0 Å². The van der Waals surface area contributed by atoms with Crippen molar-refractivity contribution in [2.24, 2.45) is 0 Å². The molecule has 84 valence electrons. The molecule has 1 N–H and O–H groups in total. The van der Waals surface area contributed by atoms with E-state index < -0.39 is 0 Å². The molecule has 2 nitrogen and oxygen atoms in total. The van der Waals surface area contributed by atoms with E-state index in [0.717, 1.165) is 16.6 Å². The second-order valence-corrected chi connectivity index (χ2v) is 5.22. The van der Waals surface area contributed by atoms with Gasteiger partial charge in [-0.1, -0.05) is 28.1 Å². The van der Waals surface area contributed by atoms with E-state index in [1.54, 1.807) is 11.3 Å². The van der Waals surface area contributed by atoms with Gasteiger partial charge in [-0.3, -0.25) is 0 Å². The third-order valence-corrected chi connectivity index (χ3v) is 3.58. The zero-order valence-corrected chi connectivity index (χ0v) is 11.4. The molecule has 1 unspecified atom stereocenters. The maximum absolute atomic E-state index is 4.35. The van der Waals surface area contributed by atoms with Crippen LogP contribution in [-0.2, 0) is 6.42 Å². The van der Waals surface area contributed by atoms with E-state index in [9.17, 15) is 0 Å². The number of halogens is 1. The van der Waals surface area contributed by atoms with Gasteiger partial charge < -0.3 is 5.32 Å². The summed E-state index contributed by atoms with van der Waals surface area (Å²) in [6, 6.07) is 8.69. The summed E-state index contributed by atoms with van der Waals surface area (Å²) in [6.07, 6.45) is 0.958. The second kappa shape index (κ2) is 5.57. The lowest BCUT2D eigenvalue weighted by molar-refractivity contribution is 0.579. The Balaban J connectivity index is 2.13. The van der Waals surface area contributed by atoms with Gasteiger partial charge in [0.05, 0.1) is 17.2 Å². The molecule has 4 heteroatoms. The highest BCUT2D eigenvalue weighted by molar-refractivity contribution is 9.10. The topological polar surface area (TPSA) is 24.9 Å². The number of hydrogen-bond donors (Lipinski definition) is 1. The van der Waals surface area contributed by atoms with E-state index in [1.807, 2.05) is 18.6 Å². The van der Waals surface area contributed by atoms with Crippen LogP contribution >= 0.6 is 27.3 Å². The first-order valence-corrected chi connectivity index (χ1v) is 6.83. The average Bonchev–Trinajstić information content (AvgIpc) is 2.79. The monoisotopic (exact) mass is 296 g/mol. The van der Waals surface area contributed by atoms with Crippen LogP contribution in [0, 0.1) is 0 Å². The van der Waals surface area contributed by atoms with Crippen molar-refractivity contribution < 1.29 is 0 Å². The van der Waals surface area contributed by atoms with Gasteiger partial charge in [-0.05, 0) is 31.2 Å². The molecule has 1 aromatic carbocycles. The Labute approximate surface area is 108 Å². The van der Waals surface area contributed by atoms with Gasteiger partial charge in [-0.15, -0.1) is 11.3 Å². The Morgan fingerprint density at radius 3 is 3.00 bits per heavy atom. The van der Waals surface area contributed by atoms with E-state index in [1.165, 1.54) is 5.56 Å². The first kappa shape index (κ1) is 11.8. The fourth-order valence-electron chi connectivity index (χ4n) is 1.65. The molecule has 0 aliphatic rings. The fourth-order valence-corrected chi connectivity index (χ4v) is 2.70. The highest BCUT2D eigenvalue weighted by Crippen LogP contribution is 2.20. The normalized spacial score (nSPS) is 12.6. The fraction of sp³-hybridized carbons (Fsp3) is 0.250. The Kier molecular flexibility index (Phi) is 4.09. The first-order valence-electron chi connectivity index (χ1n) is 5.09. The minimum Gasteiger partial charge on any atom is -0.311 e. The molecular formula is C12H13BrN2S. The van der Waals surface area contributed by atoms with Crippen molar-refractivity contribution in [1.82, 2.24) is 10.3 Å². The van der Waals surface area contributed by atoms with Crippen molar-refractivity contribution in [3.05, 3.63) is 50.9 Å². The van der Waals surface area contributed by atoms with Gasteiger partial charge in [0.25, 0.3) is 0 Å². The minimum atomic E-state index is 0.292. The predicted octanol–water partition coefficient (Wildman–Crippen LogP) is 3.41. The molecule has 0 bridgehead atoms. The SMILES string of the molecule is CNC(Cc1cccc(Br)c1)c1cscn1. The van der Waals surface area contributed by atoms with Crippen molar-refractivity contribution in [2.45, 2.75) is 12.5 Å². The molecule has 1 aromatic heterocycles. The maximum atomic E-state index is 4.35. The standard InChI is InChI=1S/C12H13BrN2S/c1-14-11(12-7-16-8-15-12)6-9-3-2-4-10(13)5-9/h2-5,7-8,11,14H,6H2,1H3. The van der Waals surface area contributed by atoms with Crippen molar-refractivity contribution in [2.75, 3.05) is 7.05 Å². The van der Waals surface area contributed by atoms with Crippen LogP contribution in [0.3, 0.4) is 0 Å². The zero-order valence-electron chi connectivity index (χ0n) is 8.98. The van der Waals surface area contributed by atoms with Crippen LogP contribution in [0.5, 0.6) is 0 Å². The lowest BCUT2D eigenvalue weighted by Crippen LogP contribution is -2.19. The molecule has 0 radical (unpaired) electrons. The summed E-state index contributed by atoms with van der Waals surface area (Å²) in [7, 11) is 1.97. The number of aromatic nitrogens is 1. The Morgan fingerprint density at radius 1 is 1.50 bits per heavy atom. The molecule has 2 aromatic rings. The summed E-state index contributed by atoms with van der Waals surface area (Å²) in [5, 5.41) is 5.40. The summed E-state index contributed by atoms with van der Waals surface area (Å²) in [5.41, 5.74) is 4.30. The lowest BCUT2D eigenvalue weighted by Gasteiger charge is -2.13. The Bertz CT molecular complexity index is 442. The third kappa shape index (κ3) is 2.90. The van der Waals surface area contributed by atoms with Crippen molar-refractivity contribution in [1.29, 1.82) is 0 Å². The van der Waals surface area contributed by atoms with Crippen molar-refractivity contribution in [3.63, 3.8) is 0 Å². The number of nitrogens with one attached hydrogen (secondary N) is 1. The quantitative estimate of drug-likeness (QED) is 0.935. The van der Waals surface area contributed by atoms with E-state index in [-0.39, 0.29) is 0 Å². The molecule has 1 heterocycles. The van der Waals surface area contributed by atoms with Gasteiger partial charge in [-0.2, -0.15) is 0 Å². The minimum absolute atomic E-state index is 0.292. The van der Waals surface area contributed by atoms with E-state index in [4.69, 9.17) is 0 Å². The van der Waals surface area contributed by atoms with Gasteiger partial charge in [0.1, 0.15) is 0 Å². The second-order valence-electron chi connectivity index (χ2n) is 3.59. The first-order chi connectivity index (χ1) is 7.79. The maximum Gasteiger partial charge on any atom is 0.0795 e. The summed E-state index contributed by atoms with van der Waals surface area (Å²) in [6.45, 7) is 0. The van der Waals surface area contributed by atoms with Crippen molar-refractivity contribution >= 4 is 27.3 Å². The van der Waals surface area contributed by atoms with Gasteiger partial charge in [0, 0.05) is 9.85 Å². The van der Waals surface area contributed by atoms with Crippen LogP contribution in [0.25, 0.3) is 0 Å². The molecule has 1 atom stereocenters. The number of nitrogens with zero attached hydrogens (tertiary/aromatic N) is 1. The van der Waals surface area contributed by atoms with Gasteiger partial charge >= 0.3 is 0 Å². The molecule has 0 saturated carbocycles. The number of hydrogen-bond acceptors (Lipinski definition) is 3. The summed E-state index contributed by atoms with van der Waals surface area (Å²) >= 11 is 5.13. The van der Waals surface area contributed by atoms with Crippen LogP contribution < -0.4 is 5.32 Å². The van der Waals surface area contributed by atoms with Gasteiger partial charge in [0.2, 0.25) is 0 Å². The molecule has 0 saturated heterocycles. The zero-order chi connectivity index (χ0) is 11.4. The Hall–Kier alpha value is -0.710. The highest BCUT2D eigenvalue weighted by Gasteiger charge is 2.11. The van der Waals surface area contributed by atoms with Crippen LogP contribution in [-0.4, -0.2) is 12.0 Å². The van der Waals surface area contributed by atoms with Crippen LogP contribution in [0.4, 0.5) is 0 Å². The predicted molar refractivity (Wildman–Crippen MR) is 71.8 cm³/mol. The third-order valence-electron chi connectivity index (χ3n) is 2.49. The molecule has 0 aliphatic carbocycles. The van der Waals surface area contributed by atoms with Crippen LogP contribution in [0.15, 0.2) is 39.6 Å². The molecular weight excluding hydrogens is 284 g/mol.